The molecule has 1 aliphatic rings. The van der Waals surface area contributed by atoms with Crippen LogP contribution in [0.1, 0.15) is 52.2 Å². The summed E-state index contributed by atoms with van der Waals surface area (Å²) in [6, 6.07) is 8.44. The number of allylic oxidation sites excluding steroid dienone is 2. The number of methoxy groups -OCH3 is 1. The number of benzene rings is 1. The fourth-order valence-electron chi connectivity index (χ4n) is 1.96. The molecular formula is C19H32OPY-. The molecule has 1 aromatic carbocycles. The molecule has 2 atom stereocenters. The average Bonchev–Trinajstić information content (AvgIpc) is 2.55. The summed E-state index contributed by atoms with van der Waals surface area (Å²) in [5.41, 5.74) is 2.48. The summed E-state index contributed by atoms with van der Waals surface area (Å²) in [6.45, 7) is 8.00. The van der Waals surface area contributed by atoms with E-state index in [4.69, 9.17) is 4.74 Å². The minimum absolute atomic E-state index is 0. The second-order valence-corrected chi connectivity index (χ2v) is 4.63. The zero-order valence-corrected chi connectivity index (χ0v) is 19.1. The molecule has 3 heteroatoms. The van der Waals surface area contributed by atoms with E-state index in [0.29, 0.717) is 0 Å². The topological polar surface area (TPSA) is 9.23 Å². The maximum atomic E-state index is 5.59. The Morgan fingerprint density at radius 2 is 1.55 bits per heavy atom. The Hall–Kier alpha value is 0.194. The molecule has 0 bridgehead atoms. The van der Waals surface area contributed by atoms with Crippen LogP contribution in [-0.2, 0) is 37.4 Å². The van der Waals surface area contributed by atoms with Gasteiger partial charge in [0, 0.05) is 39.8 Å². The van der Waals surface area contributed by atoms with Crippen LogP contribution in [0.2, 0.25) is 0 Å². The van der Waals surface area contributed by atoms with Crippen LogP contribution < -0.4 is 5.30 Å². The van der Waals surface area contributed by atoms with Crippen molar-refractivity contribution in [1.82, 2.24) is 0 Å². The zero-order valence-electron chi connectivity index (χ0n) is 15.1. The monoisotopic (exact) mass is 396 g/mol. The molecule has 1 aromatic rings. The van der Waals surface area contributed by atoms with Gasteiger partial charge in [-0.25, -0.2) is 0 Å². The Labute approximate surface area is 166 Å². The van der Waals surface area contributed by atoms with Crippen LogP contribution in [0.4, 0.5) is 0 Å². The van der Waals surface area contributed by atoms with Gasteiger partial charge < -0.3 is 12.2 Å². The standard InChI is InChI=1S/C14H17OP.2C2H6.CH3.Y/c1-15-14(11-5-3-2-4-6-11)12-7-9-13(16)10-8-12;2*1-2;;/h3,5-10,14H,2,4,16H2,1H3;2*1-2H3;1H3;/q;;;-1;. The van der Waals surface area contributed by atoms with Crippen molar-refractivity contribution in [3.8, 4) is 0 Å². The normalized spacial score (nSPS) is 12.9. The maximum Gasteiger partial charge on any atom is 0.107 e. The van der Waals surface area contributed by atoms with Crippen LogP contribution in [-0.4, -0.2) is 7.11 Å². The molecule has 0 fully saturated rings. The third-order valence-electron chi connectivity index (χ3n) is 2.80. The van der Waals surface area contributed by atoms with Gasteiger partial charge in [0.1, 0.15) is 6.10 Å². The molecule has 0 spiro atoms. The molecule has 0 N–H and O–H groups in total. The minimum atomic E-state index is 0. The molecule has 1 nitrogen and oxygen atoms in total. The van der Waals surface area contributed by atoms with E-state index in [9.17, 15) is 0 Å². The van der Waals surface area contributed by atoms with Gasteiger partial charge in [0.15, 0.2) is 0 Å². The van der Waals surface area contributed by atoms with Crippen molar-refractivity contribution in [2.45, 2.75) is 46.6 Å². The van der Waals surface area contributed by atoms with E-state index in [1.165, 1.54) is 16.4 Å². The largest absolute Gasteiger partial charge is 0.372 e. The Morgan fingerprint density at radius 1 is 1.00 bits per heavy atom. The van der Waals surface area contributed by atoms with E-state index in [-0.39, 0.29) is 46.2 Å². The first kappa shape index (κ1) is 27.1. The zero-order chi connectivity index (χ0) is 15.4. The number of hydrogen-bond donors (Lipinski definition) is 0. The predicted octanol–water partition coefficient (Wildman–Crippen LogP) is 5.65. The third-order valence-corrected chi connectivity index (χ3v) is 3.19. The summed E-state index contributed by atoms with van der Waals surface area (Å²) in [7, 11) is 4.46. The van der Waals surface area contributed by atoms with Gasteiger partial charge in [-0.05, 0) is 29.3 Å². The van der Waals surface area contributed by atoms with Gasteiger partial charge in [-0.2, -0.15) is 0 Å². The second-order valence-electron chi connectivity index (χ2n) is 3.97. The fourth-order valence-corrected chi connectivity index (χ4v) is 2.16. The van der Waals surface area contributed by atoms with E-state index < -0.39 is 0 Å². The Bertz CT molecular complexity index is 410. The summed E-state index contributed by atoms with van der Waals surface area (Å²) in [5, 5.41) is 1.20. The molecule has 0 heterocycles. The van der Waals surface area contributed by atoms with E-state index in [1.54, 1.807) is 7.11 Å². The molecule has 0 amide bonds. The first-order valence-electron chi connectivity index (χ1n) is 7.56. The van der Waals surface area contributed by atoms with Gasteiger partial charge in [0.2, 0.25) is 0 Å². The predicted molar refractivity (Wildman–Crippen MR) is 101 cm³/mol. The van der Waals surface area contributed by atoms with Gasteiger partial charge in [-0.1, -0.05) is 70.2 Å². The van der Waals surface area contributed by atoms with Gasteiger partial charge in [0.25, 0.3) is 0 Å². The van der Waals surface area contributed by atoms with Crippen molar-refractivity contribution in [3.05, 3.63) is 61.1 Å². The smallest absolute Gasteiger partial charge is 0.107 e. The van der Waals surface area contributed by atoms with Gasteiger partial charge in [0.05, 0.1) is 0 Å². The quantitative estimate of drug-likeness (QED) is 0.474. The molecule has 123 valence electrons. The van der Waals surface area contributed by atoms with Crippen molar-refractivity contribution >= 4 is 14.5 Å². The first-order valence-corrected chi connectivity index (χ1v) is 8.14. The van der Waals surface area contributed by atoms with Crippen LogP contribution in [0.3, 0.4) is 0 Å². The minimum Gasteiger partial charge on any atom is -0.372 e. The molecule has 0 saturated heterocycles. The Morgan fingerprint density at radius 3 is 1.95 bits per heavy atom. The summed E-state index contributed by atoms with van der Waals surface area (Å²) in [5.74, 6) is 0. The van der Waals surface area contributed by atoms with E-state index in [1.807, 2.05) is 27.7 Å². The maximum absolute atomic E-state index is 5.59. The van der Waals surface area contributed by atoms with Crippen molar-refractivity contribution in [1.29, 1.82) is 0 Å². The molecule has 0 aromatic heterocycles. The summed E-state index contributed by atoms with van der Waals surface area (Å²) in [6.07, 6.45) is 8.99. The van der Waals surface area contributed by atoms with Crippen LogP contribution in [0.5, 0.6) is 0 Å². The van der Waals surface area contributed by atoms with Crippen molar-refractivity contribution in [2.24, 2.45) is 0 Å². The van der Waals surface area contributed by atoms with Crippen molar-refractivity contribution in [3.63, 3.8) is 0 Å². The number of hydrogen-bond acceptors (Lipinski definition) is 1. The third kappa shape index (κ3) is 9.36. The van der Waals surface area contributed by atoms with E-state index in [0.717, 1.165) is 12.8 Å². The van der Waals surface area contributed by atoms with Crippen LogP contribution in [0, 0.1) is 7.43 Å². The van der Waals surface area contributed by atoms with Crippen LogP contribution in [0.15, 0.2) is 48.1 Å². The fraction of sp³-hybridized carbons (Fsp3) is 0.421. The average molecular weight is 396 g/mol. The SMILES string of the molecule is CC.CC.COC(C1=CCCC=C1)c1ccc(P)cc1.[CH3-].[Y]. The van der Waals surface area contributed by atoms with E-state index in [2.05, 4.69) is 51.7 Å². The number of ether oxygens (including phenoxy) is 1. The molecular weight excluding hydrogens is 364 g/mol. The Kier molecular flexibility index (Phi) is 21.6. The van der Waals surface area contributed by atoms with Gasteiger partial charge in [-0.3, -0.25) is 0 Å². The molecule has 22 heavy (non-hydrogen) atoms. The van der Waals surface area contributed by atoms with Crippen LogP contribution >= 0.6 is 9.24 Å². The number of rotatable bonds is 3. The molecule has 1 radical (unpaired) electrons. The van der Waals surface area contributed by atoms with Crippen molar-refractivity contribution in [2.75, 3.05) is 7.11 Å². The summed E-state index contributed by atoms with van der Waals surface area (Å²) >= 11 is 0. The van der Waals surface area contributed by atoms with Crippen molar-refractivity contribution < 1.29 is 37.4 Å². The first-order chi connectivity index (χ1) is 9.81. The molecule has 2 unspecified atom stereocenters. The van der Waals surface area contributed by atoms with Crippen LogP contribution in [0.25, 0.3) is 0 Å². The van der Waals surface area contributed by atoms with Gasteiger partial charge in [-0.15, -0.1) is 9.24 Å². The molecule has 2 rings (SSSR count). The summed E-state index contributed by atoms with van der Waals surface area (Å²) in [4.78, 5) is 0. The second kappa shape index (κ2) is 17.5. The summed E-state index contributed by atoms with van der Waals surface area (Å²) < 4.78 is 5.59. The molecule has 0 aliphatic heterocycles. The Balaban J connectivity index is -0.000000557. The molecule has 0 saturated carbocycles. The van der Waals surface area contributed by atoms with Gasteiger partial charge >= 0.3 is 0 Å². The van der Waals surface area contributed by atoms with E-state index >= 15 is 0 Å². The molecule has 1 aliphatic carbocycles.